The molecule has 0 aromatic heterocycles. The summed E-state index contributed by atoms with van der Waals surface area (Å²) in [5.74, 6) is 0. The molecule has 0 atom stereocenters. The first kappa shape index (κ1) is 29.8. The lowest BCUT2D eigenvalue weighted by atomic mass is 11.3. The van der Waals surface area contributed by atoms with Crippen molar-refractivity contribution in [2.45, 2.75) is 52.4 Å². The smallest absolute Gasteiger partial charge is 0.381 e. The third kappa shape index (κ3) is 8.66. The van der Waals surface area contributed by atoms with Crippen LogP contribution in [0.1, 0.15) is 0 Å². The molecule has 0 spiro atoms. The molecule has 0 aliphatic rings. The van der Waals surface area contributed by atoms with Crippen molar-refractivity contribution < 1.29 is 16.5 Å². The van der Waals surface area contributed by atoms with Crippen LogP contribution in [0.25, 0.3) is 0 Å². The van der Waals surface area contributed by atoms with Gasteiger partial charge in [0.2, 0.25) is 0 Å². The summed E-state index contributed by atoms with van der Waals surface area (Å²) in [5.41, 5.74) is 0. The van der Waals surface area contributed by atoms with E-state index in [0.717, 1.165) is 0 Å². The Labute approximate surface area is 186 Å². The second-order valence-electron chi connectivity index (χ2n) is 10.3. The molecule has 29 heavy (non-hydrogen) atoms. The normalized spacial score (nSPS) is 15.3. The summed E-state index contributed by atoms with van der Waals surface area (Å²) in [5, 5.41) is 0. The Morgan fingerprint density at radius 3 is 0.586 bits per heavy atom. The van der Waals surface area contributed by atoms with Crippen molar-refractivity contribution >= 4 is 43.0 Å². The molecule has 8 nitrogen and oxygen atoms in total. The van der Waals surface area contributed by atoms with Gasteiger partial charge in [-0.05, 0) is 109 Å². The van der Waals surface area contributed by atoms with Crippen LogP contribution in [0.15, 0.2) is 0 Å². The largest absolute Gasteiger partial charge is 0.640 e. The average molecular weight is 501 g/mol. The van der Waals surface area contributed by atoms with E-state index in [1.54, 1.807) is 0 Å². The molecule has 0 N–H and O–H groups in total. The van der Waals surface area contributed by atoms with Gasteiger partial charge in [-0.1, -0.05) is 0 Å². The molecule has 176 valence electrons. The minimum atomic E-state index is -3.51. The van der Waals surface area contributed by atoms with E-state index in [9.17, 15) is 0 Å². The molecule has 0 fully saturated rings. The summed E-state index contributed by atoms with van der Waals surface area (Å²) in [4.78, 5) is 0. The van der Waals surface area contributed by atoms with E-state index in [1.165, 1.54) is 0 Å². The zero-order chi connectivity index (χ0) is 23.6. The number of hydrogen-bond acceptors (Lipinski definition) is 8. The molecule has 0 aromatic rings. The van der Waals surface area contributed by atoms with Gasteiger partial charge in [0, 0.05) is 0 Å². The minimum Gasteiger partial charge on any atom is -0.381 e. The number of rotatable bonds is 12. The fourth-order valence-corrected chi connectivity index (χ4v) is 17.7. The van der Waals surface area contributed by atoms with E-state index in [-0.39, 0.29) is 0 Å². The third-order valence-electron chi connectivity index (χ3n) is 5.81. The lowest BCUT2D eigenvalue weighted by molar-refractivity contribution is 0.117. The lowest BCUT2D eigenvalue weighted by Gasteiger charge is -2.49. The molecular weight excluding hydrogens is 453 g/mol. The van der Waals surface area contributed by atoms with Crippen LogP contribution < -0.4 is 0 Å². The Morgan fingerprint density at radius 1 is 0.345 bits per heavy atom. The Bertz CT molecular complexity index is 438. The fourth-order valence-electron chi connectivity index (χ4n) is 1.71. The van der Waals surface area contributed by atoms with Gasteiger partial charge in [-0.25, -0.2) is 0 Å². The van der Waals surface area contributed by atoms with Crippen LogP contribution >= 0.6 is 0 Å². The quantitative estimate of drug-likeness (QED) is 0.379. The van der Waals surface area contributed by atoms with E-state index in [1.807, 2.05) is 0 Å². The van der Waals surface area contributed by atoms with E-state index in [2.05, 4.69) is 127 Å². The maximum atomic E-state index is 6.91. The second kappa shape index (κ2) is 10.1. The average Bonchev–Trinajstić information content (AvgIpc) is 2.43. The summed E-state index contributed by atoms with van der Waals surface area (Å²) in [7, 11) is 3.81. The maximum Gasteiger partial charge on any atom is 0.640 e. The van der Waals surface area contributed by atoms with Crippen molar-refractivity contribution in [3.63, 3.8) is 0 Å². The van der Waals surface area contributed by atoms with Crippen molar-refractivity contribution in [2.24, 2.45) is 0 Å². The zero-order valence-electron chi connectivity index (χ0n) is 21.9. The summed E-state index contributed by atoms with van der Waals surface area (Å²) >= 11 is 0. The van der Waals surface area contributed by atoms with Crippen LogP contribution in [-0.2, 0) is 16.5 Å². The van der Waals surface area contributed by atoms with Gasteiger partial charge in [-0.2, -0.15) is 0 Å². The van der Waals surface area contributed by atoms with Gasteiger partial charge in [0.15, 0.2) is 0 Å². The van der Waals surface area contributed by atoms with Crippen molar-refractivity contribution in [2.75, 3.05) is 56.4 Å². The standard InChI is InChI=1S/C16H48N4O4Si5/c1-17(2)25(9,10)21-29(22-26(11,12)18(3)4,23-27(13,14)19(5)6)24-28(15,16)20(7)8/h1-16H3. The summed E-state index contributed by atoms with van der Waals surface area (Å²) in [6.07, 6.45) is 0. The van der Waals surface area contributed by atoms with Crippen molar-refractivity contribution in [3.8, 4) is 0 Å². The summed E-state index contributed by atoms with van der Waals surface area (Å²) < 4.78 is 36.3. The second-order valence-corrected chi connectivity index (χ2v) is 29.7. The van der Waals surface area contributed by atoms with Crippen molar-refractivity contribution in [3.05, 3.63) is 0 Å². The maximum absolute atomic E-state index is 6.91. The molecule has 0 saturated heterocycles. The van der Waals surface area contributed by atoms with Crippen LogP contribution in [0.5, 0.6) is 0 Å². The molecule has 13 heteroatoms. The van der Waals surface area contributed by atoms with Gasteiger partial charge in [0.25, 0.3) is 33.9 Å². The Balaban J connectivity index is 6.59. The summed E-state index contributed by atoms with van der Waals surface area (Å²) in [6, 6.07) is 0. The molecule has 0 aliphatic heterocycles. The predicted molar refractivity (Wildman–Crippen MR) is 135 cm³/mol. The first-order chi connectivity index (χ1) is 12.6. The SMILES string of the molecule is CN(C)[Si](C)(C)O[Si](O[Si](C)(C)N(C)C)(O[Si](C)(C)N(C)C)O[Si](C)(C)N(C)C. The van der Waals surface area contributed by atoms with Crippen LogP contribution in [0.2, 0.25) is 52.4 Å². The first-order valence-electron chi connectivity index (χ1n) is 10.1. The van der Waals surface area contributed by atoms with Gasteiger partial charge in [0.05, 0.1) is 0 Å². The Morgan fingerprint density at radius 2 is 0.483 bits per heavy atom. The Hall–Kier alpha value is 0.764. The highest BCUT2D eigenvalue weighted by atomic mass is 28.5. The topological polar surface area (TPSA) is 49.9 Å². The molecule has 0 aromatic carbocycles. The van der Waals surface area contributed by atoms with Gasteiger partial charge < -0.3 is 34.7 Å². The zero-order valence-corrected chi connectivity index (χ0v) is 26.9. The molecule has 0 aliphatic carbocycles. The van der Waals surface area contributed by atoms with Crippen molar-refractivity contribution in [1.29, 1.82) is 0 Å². The van der Waals surface area contributed by atoms with E-state index < -0.39 is 43.0 Å². The molecule has 0 amide bonds. The van der Waals surface area contributed by atoms with E-state index in [4.69, 9.17) is 16.5 Å². The molecule has 0 radical (unpaired) electrons. The van der Waals surface area contributed by atoms with Crippen LogP contribution in [-0.4, -0.2) is 118 Å². The van der Waals surface area contributed by atoms with Crippen molar-refractivity contribution in [1.82, 2.24) is 18.3 Å². The highest BCUT2D eigenvalue weighted by Crippen LogP contribution is 2.31. The molecule has 0 saturated carbocycles. The predicted octanol–water partition coefficient (Wildman–Crippen LogP) is 2.54. The van der Waals surface area contributed by atoms with Crippen LogP contribution in [0.4, 0.5) is 0 Å². The Kier molecular flexibility index (Phi) is 10.4. The van der Waals surface area contributed by atoms with E-state index >= 15 is 0 Å². The number of nitrogens with zero attached hydrogens (tertiary/aromatic N) is 4. The van der Waals surface area contributed by atoms with Gasteiger partial charge >= 0.3 is 9.05 Å². The molecule has 0 rings (SSSR count). The van der Waals surface area contributed by atoms with Crippen LogP contribution in [0, 0.1) is 0 Å². The molecule has 0 bridgehead atoms. The monoisotopic (exact) mass is 500 g/mol. The van der Waals surface area contributed by atoms with Gasteiger partial charge in [-0.15, -0.1) is 0 Å². The first-order valence-corrected chi connectivity index (χ1v) is 23.2. The van der Waals surface area contributed by atoms with Crippen LogP contribution in [0.3, 0.4) is 0 Å². The minimum absolute atomic E-state index is 2.06. The third-order valence-corrected chi connectivity index (χ3v) is 26.4. The van der Waals surface area contributed by atoms with Gasteiger partial charge in [0.1, 0.15) is 0 Å². The lowest BCUT2D eigenvalue weighted by Crippen LogP contribution is -2.73. The molecule has 0 heterocycles. The fraction of sp³-hybridized carbons (Fsp3) is 1.00. The highest BCUT2D eigenvalue weighted by molar-refractivity contribution is 6.90. The summed E-state index contributed by atoms with van der Waals surface area (Å²) in [6.45, 7) is 17.4. The van der Waals surface area contributed by atoms with E-state index in [0.29, 0.717) is 0 Å². The molecule has 0 unspecified atom stereocenters. The van der Waals surface area contributed by atoms with Gasteiger partial charge in [-0.3, -0.25) is 0 Å². The number of hydrogen-bond donors (Lipinski definition) is 0. The highest BCUT2D eigenvalue weighted by Gasteiger charge is 2.60. The molecular formula is C16H48N4O4Si5.